The molecule has 0 atom stereocenters. The molecule has 0 bridgehead atoms. The van der Waals surface area contributed by atoms with Crippen molar-refractivity contribution in [1.29, 1.82) is 0 Å². The number of piperidine rings is 1. The zero-order valence-corrected chi connectivity index (χ0v) is 18.4. The summed E-state index contributed by atoms with van der Waals surface area (Å²) in [6.07, 6.45) is 3.11. The molecule has 0 saturated carbocycles. The van der Waals surface area contributed by atoms with Gasteiger partial charge in [0.05, 0.1) is 21.4 Å². The largest absolute Gasteiger partial charge is 0.339 e. The molecule has 30 heavy (non-hydrogen) atoms. The maximum absolute atomic E-state index is 13.5. The number of benzene rings is 1. The number of likely N-dealkylation sites (tertiary alicyclic amines) is 1. The van der Waals surface area contributed by atoms with Gasteiger partial charge in [-0.1, -0.05) is 29.3 Å². The van der Waals surface area contributed by atoms with Crippen molar-refractivity contribution in [2.24, 2.45) is 5.92 Å². The molecule has 1 saturated heterocycles. The first-order valence-corrected chi connectivity index (χ1v) is 11.7. The molecule has 2 aromatic rings. The SMILES string of the molecule is CC(F)(F)C1CCN(C(=O)c2cncc(CS(=O)(=O)c3c(Cl)cccc3Cl)c2)CC1. The third kappa shape index (κ3) is 5.10. The van der Waals surface area contributed by atoms with Gasteiger partial charge in [-0.3, -0.25) is 9.78 Å². The average molecular weight is 477 g/mol. The van der Waals surface area contributed by atoms with Crippen molar-refractivity contribution in [1.82, 2.24) is 9.88 Å². The highest BCUT2D eigenvalue weighted by Crippen LogP contribution is 2.33. The summed E-state index contributed by atoms with van der Waals surface area (Å²) >= 11 is 12.0. The Kier molecular flexibility index (Phi) is 6.69. The molecule has 1 amide bonds. The van der Waals surface area contributed by atoms with E-state index in [1.165, 1.54) is 35.5 Å². The molecule has 0 unspecified atom stereocenters. The summed E-state index contributed by atoms with van der Waals surface area (Å²) in [5.41, 5.74) is 0.501. The summed E-state index contributed by atoms with van der Waals surface area (Å²) in [6, 6.07) is 5.85. The number of rotatable bonds is 5. The van der Waals surface area contributed by atoms with Crippen molar-refractivity contribution >= 4 is 38.9 Å². The Hall–Kier alpha value is -1.77. The lowest BCUT2D eigenvalue weighted by atomic mass is 9.91. The average Bonchev–Trinajstić information content (AvgIpc) is 2.66. The number of hydrogen-bond donors (Lipinski definition) is 0. The summed E-state index contributed by atoms with van der Waals surface area (Å²) in [5.74, 6) is -4.33. The number of alkyl halides is 2. The summed E-state index contributed by atoms with van der Waals surface area (Å²) in [5, 5.41) is 0.0246. The molecule has 2 heterocycles. The van der Waals surface area contributed by atoms with Crippen LogP contribution in [0.25, 0.3) is 0 Å². The Labute approximate surface area is 183 Å². The van der Waals surface area contributed by atoms with E-state index < -0.39 is 27.4 Å². The van der Waals surface area contributed by atoms with Gasteiger partial charge in [-0.25, -0.2) is 17.2 Å². The molecule has 3 rings (SSSR count). The number of amides is 1. The van der Waals surface area contributed by atoms with E-state index in [-0.39, 0.29) is 52.3 Å². The minimum atomic E-state index is -3.88. The molecule has 10 heteroatoms. The Balaban J connectivity index is 1.76. The van der Waals surface area contributed by atoms with Gasteiger partial charge >= 0.3 is 0 Å². The number of carbonyl (C=O) groups excluding carboxylic acids is 1. The molecule has 1 aromatic carbocycles. The van der Waals surface area contributed by atoms with Gasteiger partial charge < -0.3 is 4.90 Å². The van der Waals surface area contributed by atoms with E-state index in [2.05, 4.69) is 4.98 Å². The zero-order chi connectivity index (χ0) is 22.1. The van der Waals surface area contributed by atoms with Crippen molar-refractivity contribution in [2.75, 3.05) is 13.1 Å². The van der Waals surface area contributed by atoms with Gasteiger partial charge in [0, 0.05) is 31.4 Å². The Morgan fingerprint density at radius 1 is 1.20 bits per heavy atom. The number of halogens is 4. The van der Waals surface area contributed by atoms with Gasteiger partial charge in [-0.15, -0.1) is 0 Å². The molecule has 1 aliphatic rings. The van der Waals surface area contributed by atoms with Crippen LogP contribution in [0, 0.1) is 5.92 Å². The van der Waals surface area contributed by atoms with Crippen molar-refractivity contribution in [3.8, 4) is 0 Å². The Morgan fingerprint density at radius 2 is 1.80 bits per heavy atom. The Morgan fingerprint density at radius 3 is 2.37 bits per heavy atom. The monoisotopic (exact) mass is 476 g/mol. The van der Waals surface area contributed by atoms with Gasteiger partial charge in [0.2, 0.25) is 5.92 Å². The minimum Gasteiger partial charge on any atom is -0.339 e. The summed E-state index contributed by atoms with van der Waals surface area (Å²) < 4.78 is 52.5. The van der Waals surface area contributed by atoms with E-state index >= 15 is 0 Å². The van der Waals surface area contributed by atoms with Crippen LogP contribution in [0.3, 0.4) is 0 Å². The van der Waals surface area contributed by atoms with E-state index in [9.17, 15) is 22.0 Å². The van der Waals surface area contributed by atoms with Crippen LogP contribution in [0.1, 0.15) is 35.7 Å². The number of sulfone groups is 1. The first-order chi connectivity index (χ1) is 14.0. The van der Waals surface area contributed by atoms with Crippen LogP contribution in [-0.2, 0) is 15.6 Å². The lowest BCUT2D eigenvalue weighted by Crippen LogP contribution is -2.42. The predicted molar refractivity (Wildman–Crippen MR) is 111 cm³/mol. The highest BCUT2D eigenvalue weighted by atomic mass is 35.5. The summed E-state index contributed by atoms with van der Waals surface area (Å²) in [4.78, 5) is 18.1. The van der Waals surface area contributed by atoms with Crippen LogP contribution in [0.5, 0.6) is 0 Å². The number of hydrogen-bond acceptors (Lipinski definition) is 4. The van der Waals surface area contributed by atoms with Gasteiger partial charge in [0.15, 0.2) is 9.84 Å². The molecule has 0 radical (unpaired) electrons. The third-order valence-corrected chi connectivity index (χ3v) is 7.76. The zero-order valence-electron chi connectivity index (χ0n) is 16.1. The fourth-order valence-electron chi connectivity index (χ4n) is 3.53. The fourth-order valence-corrected chi connectivity index (χ4v) is 6.10. The highest BCUT2D eigenvalue weighted by molar-refractivity contribution is 7.90. The van der Waals surface area contributed by atoms with Crippen LogP contribution in [0.2, 0.25) is 10.0 Å². The minimum absolute atomic E-state index is 0.0123. The maximum atomic E-state index is 13.5. The molecular weight excluding hydrogens is 457 g/mol. The van der Waals surface area contributed by atoms with Crippen LogP contribution in [-0.4, -0.2) is 43.2 Å². The van der Waals surface area contributed by atoms with Gasteiger partial charge in [0.1, 0.15) is 4.90 Å². The topological polar surface area (TPSA) is 67.3 Å². The summed E-state index contributed by atoms with van der Waals surface area (Å²) in [6.45, 7) is 1.32. The molecule has 0 N–H and O–H groups in total. The second kappa shape index (κ2) is 8.77. The normalized spacial score (nSPS) is 16.0. The lowest BCUT2D eigenvalue weighted by molar-refractivity contribution is -0.0595. The van der Waals surface area contributed by atoms with E-state index in [1.807, 2.05) is 0 Å². The van der Waals surface area contributed by atoms with Crippen LogP contribution in [0.15, 0.2) is 41.6 Å². The highest BCUT2D eigenvalue weighted by Gasteiger charge is 2.37. The molecule has 0 spiro atoms. The number of aromatic nitrogens is 1. The van der Waals surface area contributed by atoms with Gasteiger partial charge in [0.25, 0.3) is 5.91 Å². The molecule has 1 fully saturated rings. The standard InChI is InChI=1S/C20H20Cl2F2N2O3S/c1-20(23,24)15-5-7-26(8-6-15)19(27)14-9-13(10-25-11-14)12-30(28,29)18-16(21)3-2-4-17(18)22/h2-4,9-11,15H,5-8,12H2,1H3. The van der Waals surface area contributed by atoms with Crippen molar-refractivity contribution < 1.29 is 22.0 Å². The van der Waals surface area contributed by atoms with E-state index in [0.717, 1.165) is 6.92 Å². The van der Waals surface area contributed by atoms with Crippen LogP contribution in [0.4, 0.5) is 8.78 Å². The van der Waals surface area contributed by atoms with Crippen molar-refractivity contribution in [3.63, 3.8) is 0 Å². The lowest BCUT2D eigenvalue weighted by Gasteiger charge is -2.34. The number of pyridine rings is 1. The van der Waals surface area contributed by atoms with Gasteiger partial charge in [-0.2, -0.15) is 0 Å². The first kappa shape index (κ1) is 22.9. The quantitative estimate of drug-likeness (QED) is 0.617. The Bertz CT molecular complexity index is 1030. The molecule has 5 nitrogen and oxygen atoms in total. The molecular formula is C20H20Cl2F2N2O3S. The van der Waals surface area contributed by atoms with Crippen molar-refractivity contribution in [3.05, 3.63) is 57.8 Å². The van der Waals surface area contributed by atoms with E-state index in [4.69, 9.17) is 23.2 Å². The second-order valence-electron chi connectivity index (χ2n) is 7.41. The second-order valence-corrected chi connectivity index (χ2v) is 10.2. The molecule has 1 aromatic heterocycles. The number of carbonyl (C=O) groups is 1. The third-order valence-electron chi connectivity index (χ3n) is 5.13. The van der Waals surface area contributed by atoms with Crippen LogP contribution >= 0.6 is 23.2 Å². The van der Waals surface area contributed by atoms with E-state index in [0.29, 0.717) is 5.56 Å². The first-order valence-electron chi connectivity index (χ1n) is 9.27. The molecule has 162 valence electrons. The fraction of sp³-hybridized carbons (Fsp3) is 0.400. The van der Waals surface area contributed by atoms with Gasteiger partial charge in [-0.05, 0) is 43.5 Å². The maximum Gasteiger partial charge on any atom is 0.255 e. The molecule has 1 aliphatic heterocycles. The predicted octanol–water partition coefficient (Wildman–Crippen LogP) is 4.87. The van der Waals surface area contributed by atoms with E-state index in [1.54, 1.807) is 6.07 Å². The van der Waals surface area contributed by atoms with Crippen LogP contribution < -0.4 is 0 Å². The summed E-state index contributed by atoms with van der Waals surface area (Å²) in [7, 11) is -3.88. The smallest absolute Gasteiger partial charge is 0.255 e. The molecule has 0 aliphatic carbocycles. The van der Waals surface area contributed by atoms with Crippen molar-refractivity contribution in [2.45, 2.75) is 36.3 Å². The number of nitrogens with zero attached hydrogens (tertiary/aromatic N) is 2.